The molecule has 0 bridgehead atoms. The van der Waals surface area contributed by atoms with Gasteiger partial charge >= 0.3 is 5.97 Å². The van der Waals surface area contributed by atoms with Crippen LogP contribution in [-0.2, 0) is 9.53 Å². The normalized spacial score (nSPS) is 12.7. The van der Waals surface area contributed by atoms with Crippen LogP contribution in [0.2, 0.25) is 0 Å². The number of hydrogen-bond donors (Lipinski definition) is 2. The molecule has 0 radical (unpaired) electrons. The molecule has 0 amide bonds. The highest BCUT2D eigenvalue weighted by molar-refractivity contribution is 5.89. The van der Waals surface area contributed by atoms with Gasteiger partial charge in [-0.15, -0.1) is 0 Å². The van der Waals surface area contributed by atoms with E-state index in [1.807, 2.05) is 25.1 Å². The molecule has 0 aliphatic rings. The van der Waals surface area contributed by atoms with Crippen molar-refractivity contribution < 1.29 is 9.53 Å². The number of ether oxygens (including phenoxy) is 1. The van der Waals surface area contributed by atoms with E-state index in [1.54, 1.807) is 6.20 Å². The van der Waals surface area contributed by atoms with Gasteiger partial charge in [0.05, 0.1) is 7.11 Å². The van der Waals surface area contributed by atoms with Crippen LogP contribution >= 0.6 is 0 Å². The molecule has 16 heavy (non-hydrogen) atoms. The van der Waals surface area contributed by atoms with Crippen molar-refractivity contribution >= 4 is 16.9 Å². The number of methoxy groups -OCH3 is 1. The lowest BCUT2D eigenvalue weighted by Crippen LogP contribution is -2.22. The highest BCUT2D eigenvalue weighted by Gasteiger charge is 2.19. The average molecular weight is 218 g/mol. The first-order chi connectivity index (χ1) is 7.63. The third-order valence-electron chi connectivity index (χ3n) is 2.66. The van der Waals surface area contributed by atoms with Gasteiger partial charge in [0.2, 0.25) is 0 Å². The quantitative estimate of drug-likeness (QED) is 0.753. The first-order valence-corrected chi connectivity index (χ1v) is 5.04. The minimum atomic E-state index is -0.736. The van der Waals surface area contributed by atoms with E-state index in [1.165, 1.54) is 7.11 Å². The second-order valence-corrected chi connectivity index (χ2v) is 3.79. The van der Waals surface area contributed by atoms with Crippen LogP contribution in [0.3, 0.4) is 0 Å². The van der Waals surface area contributed by atoms with Gasteiger partial charge in [0, 0.05) is 22.7 Å². The number of aromatic amines is 1. The van der Waals surface area contributed by atoms with E-state index in [0.717, 1.165) is 22.0 Å². The molecule has 1 unspecified atom stereocenters. The number of nitrogens with one attached hydrogen (secondary N) is 1. The second kappa shape index (κ2) is 3.98. The number of fused-ring (bicyclic) bond motifs is 1. The molecule has 1 aromatic carbocycles. The van der Waals surface area contributed by atoms with Crippen LogP contribution < -0.4 is 5.73 Å². The molecule has 0 spiro atoms. The number of aromatic nitrogens is 1. The maximum absolute atomic E-state index is 11.4. The summed E-state index contributed by atoms with van der Waals surface area (Å²) >= 11 is 0. The Balaban J connectivity index is 2.52. The zero-order chi connectivity index (χ0) is 11.7. The van der Waals surface area contributed by atoms with E-state index >= 15 is 0 Å². The zero-order valence-electron chi connectivity index (χ0n) is 9.28. The zero-order valence-corrected chi connectivity index (χ0v) is 9.28. The Morgan fingerprint density at radius 3 is 2.94 bits per heavy atom. The van der Waals surface area contributed by atoms with Crippen LogP contribution in [0, 0.1) is 6.92 Å². The molecule has 1 heterocycles. The summed E-state index contributed by atoms with van der Waals surface area (Å²) in [5.41, 5.74) is 8.69. The number of carbonyl (C=O) groups is 1. The molecule has 4 nitrogen and oxygen atoms in total. The van der Waals surface area contributed by atoms with Crippen molar-refractivity contribution in [2.75, 3.05) is 7.11 Å². The predicted octanol–water partition coefficient (Wildman–Crippen LogP) is 1.65. The van der Waals surface area contributed by atoms with Gasteiger partial charge in [-0.2, -0.15) is 0 Å². The van der Waals surface area contributed by atoms with E-state index in [9.17, 15) is 4.79 Å². The van der Waals surface area contributed by atoms with Gasteiger partial charge in [-0.05, 0) is 19.1 Å². The summed E-state index contributed by atoms with van der Waals surface area (Å²) in [6.07, 6.45) is 1.76. The predicted molar refractivity (Wildman–Crippen MR) is 62.0 cm³/mol. The summed E-state index contributed by atoms with van der Waals surface area (Å²) in [7, 11) is 1.34. The third-order valence-corrected chi connectivity index (χ3v) is 2.66. The first-order valence-electron chi connectivity index (χ1n) is 5.04. The summed E-state index contributed by atoms with van der Waals surface area (Å²) < 4.78 is 4.64. The highest BCUT2D eigenvalue weighted by atomic mass is 16.5. The molecular formula is C12H14N2O2. The Labute approximate surface area is 93.4 Å². The average Bonchev–Trinajstić information content (AvgIpc) is 2.69. The molecule has 0 aliphatic heterocycles. The van der Waals surface area contributed by atoms with Gasteiger partial charge in [-0.3, -0.25) is 4.79 Å². The Morgan fingerprint density at radius 2 is 2.25 bits per heavy atom. The maximum Gasteiger partial charge on any atom is 0.327 e. The SMILES string of the molecule is COC(=O)C(N)c1c[nH]c2ccc(C)cc12. The number of rotatable bonds is 2. The minimum absolute atomic E-state index is 0.428. The standard InChI is InChI=1S/C12H14N2O2/c1-7-3-4-10-8(5-7)9(6-14-10)11(13)12(15)16-2/h3-6,11,14H,13H2,1-2H3. The summed E-state index contributed by atoms with van der Waals surface area (Å²) in [6, 6.07) is 5.24. The Hall–Kier alpha value is -1.81. The van der Waals surface area contributed by atoms with Crippen LogP contribution in [0.4, 0.5) is 0 Å². The molecule has 84 valence electrons. The van der Waals surface area contributed by atoms with Gasteiger partial charge in [0.25, 0.3) is 0 Å². The van der Waals surface area contributed by atoms with E-state index in [0.29, 0.717) is 0 Å². The van der Waals surface area contributed by atoms with E-state index in [4.69, 9.17) is 5.73 Å². The summed E-state index contributed by atoms with van der Waals surface area (Å²) in [5.74, 6) is -0.428. The largest absolute Gasteiger partial charge is 0.468 e. The molecule has 3 N–H and O–H groups in total. The van der Waals surface area contributed by atoms with Gasteiger partial charge in [0.15, 0.2) is 0 Å². The van der Waals surface area contributed by atoms with Crippen molar-refractivity contribution in [3.63, 3.8) is 0 Å². The topological polar surface area (TPSA) is 68.1 Å². The van der Waals surface area contributed by atoms with Gasteiger partial charge in [-0.1, -0.05) is 11.6 Å². The number of aryl methyl sites for hydroxylation is 1. The molecule has 2 aromatic rings. The van der Waals surface area contributed by atoms with Gasteiger partial charge < -0.3 is 15.5 Å². The van der Waals surface area contributed by atoms with Crippen molar-refractivity contribution in [1.82, 2.24) is 4.98 Å². The lowest BCUT2D eigenvalue weighted by atomic mass is 10.1. The molecular weight excluding hydrogens is 204 g/mol. The minimum Gasteiger partial charge on any atom is -0.468 e. The van der Waals surface area contributed by atoms with E-state index in [2.05, 4.69) is 9.72 Å². The van der Waals surface area contributed by atoms with Gasteiger partial charge in [0.1, 0.15) is 6.04 Å². The van der Waals surface area contributed by atoms with E-state index < -0.39 is 12.0 Å². The highest BCUT2D eigenvalue weighted by Crippen LogP contribution is 2.24. The van der Waals surface area contributed by atoms with Crippen LogP contribution in [-0.4, -0.2) is 18.1 Å². The summed E-state index contributed by atoms with van der Waals surface area (Å²) in [4.78, 5) is 14.5. The number of benzene rings is 1. The smallest absolute Gasteiger partial charge is 0.327 e. The van der Waals surface area contributed by atoms with Crippen molar-refractivity contribution in [3.05, 3.63) is 35.5 Å². The van der Waals surface area contributed by atoms with E-state index in [-0.39, 0.29) is 0 Å². The number of H-pyrrole nitrogens is 1. The fraction of sp³-hybridized carbons (Fsp3) is 0.250. The van der Waals surface area contributed by atoms with Crippen molar-refractivity contribution in [2.45, 2.75) is 13.0 Å². The Bertz CT molecular complexity index is 531. The molecule has 4 heteroatoms. The monoisotopic (exact) mass is 218 g/mol. The van der Waals surface area contributed by atoms with Crippen LogP contribution in [0.5, 0.6) is 0 Å². The van der Waals surface area contributed by atoms with Crippen LogP contribution in [0.1, 0.15) is 17.2 Å². The number of carbonyl (C=O) groups excluding carboxylic acids is 1. The van der Waals surface area contributed by atoms with Gasteiger partial charge in [-0.25, -0.2) is 0 Å². The fourth-order valence-electron chi connectivity index (χ4n) is 1.77. The number of nitrogens with two attached hydrogens (primary N) is 1. The fourth-order valence-corrected chi connectivity index (χ4v) is 1.77. The molecule has 1 atom stereocenters. The molecule has 0 saturated carbocycles. The maximum atomic E-state index is 11.4. The molecule has 0 aliphatic carbocycles. The lowest BCUT2D eigenvalue weighted by molar-refractivity contribution is -0.142. The molecule has 2 rings (SSSR count). The van der Waals surface area contributed by atoms with Crippen LogP contribution in [0.15, 0.2) is 24.4 Å². The van der Waals surface area contributed by atoms with Crippen molar-refractivity contribution in [1.29, 1.82) is 0 Å². The Morgan fingerprint density at radius 1 is 1.50 bits per heavy atom. The second-order valence-electron chi connectivity index (χ2n) is 3.79. The number of hydrogen-bond acceptors (Lipinski definition) is 3. The van der Waals surface area contributed by atoms with Crippen molar-refractivity contribution in [2.24, 2.45) is 5.73 Å². The first kappa shape index (κ1) is 10.7. The summed E-state index contributed by atoms with van der Waals surface area (Å²) in [6.45, 7) is 2.00. The van der Waals surface area contributed by atoms with Crippen LogP contribution in [0.25, 0.3) is 10.9 Å². The molecule has 0 fully saturated rings. The van der Waals surface area contributed by atoms with Crippen molar-refractivity contribution in [3.8, 4) is 0 Å². The molecule has 0 saturated heterocycles. The summed E-state index contributed by atoms with van der Waals surface area (Å²) in [5, 5.41) is 0.970. The third kappa shape index (κ3) is 1.67. The number of esters is 1. The lowest BCUT2D eigenvalue weighted by Gasteiger charge is -2.07. The Kier molecular flexibility index (Phi) is 2.66. The molecule has 1 aromatic heterocycles.